The van der Waals surface area contributed by atoms with Crippen molar-refractivity contribution in [2.24, 2.45) is 0 Å². The third-order valence-electron chi connectivity index (χ3n) is 0.430. The highest BCUT2D eigenvalue weighted by Gasteiger charge is 1.64. The van der Waals surface area contributed by atoms with Gasteiger partial charge >= 0.3 is 0 Å². The van der Waals surface area contributed by atoms with Crippen molar-refractivity contribution in [3.8, 4) is 0 Å². The Labute approximate surface area is 39.2 Å². The highest BCUT2D eigenvalue weighted by Crippen LogP contribution is 1.84. The summed E-state index contributed by atoms with van der Waals surface area (Å²) in [4.78, 5) is 0. The van der Waals surface area contributed by atoms with Gasteiger partial charge in [0.2, 0.25) is 0 Å². The molecular formula is C6H9. The minimum absolute atomic E-state index is 0.859. The van der Waals surface area contributed by atoms with Gasteiger partial charge in [-0.25, -0.2) is 0 Å². The molecule has 0 saturated carbocycles. The van der Waals surface area contributed by atoms with E-state index in [1.165, 1.54) is 0 Å². The fraction of sp³-hybridized carbons (Fsp3) is 0.333. The van der Waals surface area contributed by atoms with E-state index in [-0.39, 0.29) is 0 Å². The lowest BCUT2D eigenvalue weighted by molar-refractivity contribution is 1.52. The average molecular weight is 81.1 g/mol. The molecule has 0 spiro atoms. The normalized spacial score (nSPS) is 9.67. The van der Waals surface area contributed by atoms with Gasteiger partial charge in [-0.2, -0.15) is 0 Å². The Kier molecular flexibility index (Phi) is 2.47. The first kappa shape index (κ1) is 5.48. The van der Waals surface area contributed by atoms with Crippen molar-refractivity contribution in [1.29, 1.82) is 0 Å². The second kappa shape index (κ2) is 2.70. The summed E-state index contributed by atoms with van der Waals surface area (Å²) in [5, 5.41) is 0. The van der Waals surface area contributed by atoms with Gasteiger partial charge in [0.25, 0.3) is 0 Å². The third-order valence-corrected chi connectivity index (χ3v) is 0.430. The number of allylic oxidation sites excluding steroid dienone is 3. The molecule has 0 N–H and O–H groups in total. The Morgan fingerprint density at radius 2 is 2.17 bits per heavy atom. The molecule has 0 aliphatic rings. The monoisotopic (exact) mass is 81.1 g/mol. The van der Waals surface area contributed by atoms with Gasteiger partial charge in [0, 0.05) is 0 Å². The van der Waals surface area contributed by atoms with Crippen LogP contribution in [-0.2, 0) is 0 Å². The quantitative estimate of drug-likeness (QED) is 0.423. The summed E-state index contributed by atoms with van der Waals surface area (Å²) < 4.78 is 0. The summed E-state index contributed by atoms with van der Waals surface area (Å²) in [5.74, 6) is 0. The van der Waals surface area contributed by atoms with Gasteiger partial charge in [0.1, 0.15) is 0 Å². The fourth-order valence-electron chi connectivity index (χ4n) is 0.263. The molecule has 0 rings (SSSR count). The van der Waals surface area contributed by atoms with E-state index in [0.717, 1.165) is 5.57 Å². The molecule has 0 aromatic heterocycles. The molecule has 0 heteroatoms. The fourth-order valence-corrected chi connectivity index (χ4v) is 0.263. The summed E-state index contributed by atoms with van der Waals surface area (Å²) in [6.45, 7) is 9.03. The zero-order chi connectivity index (χ0) is 4.99. The largest absolute Gasteiger partial charge is 0.0874 e. The van der Waals surface area contributed by atoms with E-state index < -0.39 is 0 Å². The smallest absolute Gasteiger partial charge is 0.0398 e. The van der Waals surface area contributed by atoms with Crippen molar-refractivity contribution in [2.45, 2.75) is 13.8 Å². The van der Waals surface area contributed by atoms with Crippen molar-refractivity contribution in [3.05, 3.63) is 24.3 Å². The Morgan fingerprint density at radius 1 is 1.67 bits per heavy atom. The molecule has 6 heavy (non-hydrogen) atoms. The molecule has 33 valence electrons. The summed E-state index contributed by atoms with van der Waals surface area (Å²) in [5.41, 5.74) is 0.859. The van der Waals surface area contributed by atoms with Crippen molar-refractivity contribution < 1.29 is 0 Å². The first-order chi connectivity index (χ1) is 2.77. The first-order valence-corrected chi connectivity index (χ1v) is 1.99. The van der Waals surface area contributed by atoms with E-state index in [1.807, 2.05) is 26.0 Å². The van der Waals surface area contributed by atoms with Gasteiger partial charge in [0.15, 0.2) is 0 Å². The molecule has 0 amide bonds. The number of hydrogen-bond acceptors (Lipinski definition) is 0. The molecule has 0 heterocycles. The molecule has 0 unspecified atom stereocenters. The lowest BCUT2D eigenvalue weighted by Gasteiger charge is -1.75. The predicted molar refractivity (Wildman–Crippen MR) is 28.3 cm³/mol. The highest BCUT2D eigenvalue weighted by molar-refractivity contribution is 5.07. The molecule has 1 radical (unpaired) electrons. The van der Waals surface area contributed by atoms with Crippen LogP contribution in [0, 0.1) is 6.58 Å². The summed E-state index contributed by atoms with van der Waals surface area (Å²) in [6, 6.07) is 0. The maximum atomic E-state index is 5.23. The Hall–Kier alpha value is -0.520. The second-order valence-corrected chi connectivity index (χ2v) is 1.24. The molecular weight excluding hydrogens is 72.1 g/mol. The van der Waals surface area contributed by atoms with Crippen LogP contribution in [0.2, 0.25) is 0 Å². The zero-order valence-electron chi connectivity index (χ0n) is 4.23. The molecule has 0 aromatic carbocycles. The van der Waals surface area contributed by atoms with Crippen LogP contribution in [0.25, 0.3) is 0 Å². The standard InChI is InChI=1S/C6H9/c1-4-5-6(2)3/h2,4-5H,1,3H3/b5-4-,6-2?. The Bertz CT molecular complexity index is 68.1. The van der Waals surface area contributed by atoms with Crippen LogP contribution in [0.15, 0.2) is 17.7 Å². The summed E-state index contributed by atoms with van der Waals surface area (Å²) >= 11 is 0. The van der Waals surface area contributed by atoms with Gasteiger partial charge in [-0.3, -0.25) is 0 Å². The third kappa shape index (κ3) is 3.48. The van der Waals surface area contributed by atoms with E-state index in [4.69, 9.17) is 6.58 Å². The minimum atomic E-state index is 0.859. The van der Waals surface area contributed by atoms with E-state index >= 15 is 0 Å². The van der Waals surface area contributed by atoms with E-state index in [1.54, 1.807) is 0 Å². The summed E-state index contributed by atoms with van der Waals surface area (Å²) in [6.07, 6.45) is 3.77. The molecule has 0 bridgehead atoms. The van der Waals surface area contributed by atoms with Crippen molar-refractivity contribution >= 4 is 0 Å². The van der Waals surface area contributed by atoms with Crippen molar-refractivity contribution in [1.82, 2.24) is 0 Å². The Balaban J connectivity index is 3.30. The van der Waals surface area contributed by atoms with Crippen LogP contribution in [0.3, 0.4) is 0 Å². The minimum Gasteiger partial charge on any atom is -0.0874 e. The molecule has 0 fully saturated rings. The van der Waals surface area contributed by atoms with Gasteiger partial charge in [0.05, 0.1) is 0 Å². The maximum absolute atomic E-state index is 5.23. The van der Waals surface area contributed by atoms with Crippen molar-refractivity contribution in [3.63, 3.8) is 0 Å². The topological polar surface area (TPSA) is 0 Å². The average Bonchev–Trinajstić information content (AvgIpc) is 1.35. The molecule has 0 aromatic rings. The highest BCUT2D eigenvalue weighted by atomic mass is 13.7. The van der Waals surface area contributed by atoms with Gasteiger partial charge in [-0.15, -0.1) is 0 Å². The molecule has 0 atom stereocenters. The van der Waals surface area contributed by atoms with Gasteiger partial charge in [-0.05, 0) is 13.8 Å². The lowest BCUT2D eigenvalue weighted by Crippen LogP contribution is -1.54. The van der Waals surface area contributed by atoms with E-state index in [2.05, 4.69) is 0 Å². The van der Waals surface area contributed by atoms with Crippen LogP contribution < -0.4 is 0 Å². The van der Waals surface area contributed by atoms with Crippen molar-refractivity contribution in [2.75, 3.05) is 0 Å². The first-order valence-electron chi connectivity index (χ1n) is 1.99. The lowest BCUT2D eigenvalue weighted by atomic mass is 10.3. The SMILES string of the molecule is [CH]=C(C)/C=C\C. The zero-order valence-corrected chi connectivity index (χ0v) is 4.23. The molecule has 0 aliphatic heterocycles. The molecule has 0 nitrogen and oxygen atoms in total. The molecule has 0 saturated heterocycles. The predicted octanol–water partition coefficient (Wildman–Crippen LogP) is 1.94. The van der Waals surface area contributed by atoms with Crippen LogP contribution in [-0.4, -0.2) is 0 Å². The van der Waals surface area contributed by atoms with E-state index in [9.17, 15) is 0 Å². The molecule has 0 aliphatic carbocycles. The number of hydrogen-bond donors (Lipinski definition) is 0. The van der Waals surface area contributed by atoms with Gasteiger partial charge < -0.3 is 0 Å². The van der Waals surface area contributed by atoms with Crippen LogP contribution in [0.1, 0.15) is 13.8 Å². The maximum Gasteiger partial charge on any atom is -0.0398 e. The van der Waals surface area contributed by atoms with Crippen LogP contribution in [0.5, 0.6) is 0 Å². The van der Waals surface area contributed by atoms with Crippen LogP contribution >= 0.6 is 0 Å². The van der Waals surface area contributed by atoms with E-state index in [0.29, 0.717) is 0 Å². The Morgan fingerprint density at radius 3 is 2.17 bits per heavy atom. The summed E-state index contributed by atoms with van der Waals surface area (Å²) in [7, 11) is 0. The second-order valence-electron chi connectivity index (χ2n) is 1.24. The van der Waals surface area contributed by atoms with Gasteiger partial charge in [-0.1, -0.05) is 24.3 Å². The number of rotatable bonds is 1. The van der Waals surface area contributed by atoms with Crippen LogP contribution in [0.4, 0.5) is 0 Å².